The van der Waals surface area contributed by atoms with E-state index in [9.17, 15) is 9.59 Å². The Morgan fingerprint density at radius 3 is 2.16 bits per heavy atom. The number of hydrogen-bond donors (Lipinski definition) is 1. The maximum atomic E-state index is 13.5. The molecular formula is C27H35NO4. The molecule has 0 heterocycles. The van der Waals surface area contributed by atoms with Gasteiger partial charge in [0, 0.05) is 6.04 Å². The van der Waals surface area contributed by atoms with Gasteiger partial charge in [0.25, 0.3) is 0 Å². The summed E-state index contributed by atoms with van der Waals surface area (Å²) in [5.74, 6) is -1.43. The van der Waals surface area contributed by atoms with Crippen LogP contribution in [0.4, 0.5) is 0 Å². The molecule has 1 fully saturated rings. The summed E-state index contributed by atoms with van der Waals surface area (Å²) in [4.78, 5) is 27.0. The molecule has 0 saturated heterocycles. The Bertz CT molecular complexity index is 891. The third-order valence-corrected chi connectivity index (χ3v) is 6.24. The molecule has 0 aromatic heterocycles. The van der Waals surface area contributed by atoms with Gasteiger partial charge in [-0.25, -0.2) is 0 Å². The van der Waals surface area contributed by atoms with Crippen LogP contribution in [0, 0.1) is 11.3 Å². The highest BCUT2D eigenvalue weighted by Crippen LogP contribution is 2.47. The lowest BCUT2D eigenvalue weighted by Crippen LogP contribution is -2.54. The predicted molar refractivity (Wildman–Crippen MR) is 125 cm³/mol. The molecule has 2 N–H and O–H groups in total. The number of nitrogens with two attached hydrogens (primary N) is 1. The minimum absolute atomic E-state index is 0.168. The lowest BCUT2D eigenvalue weighted by molar-refractivity contribution is -0.180. The van der Waals surface area contributed by atoms with Gasteiger partial charge in [-0.3, -0.25) is 9.59 Å². The van der Waals surface area contributed by atoms with Gasteiger partial charge in [0.05, 0.1) is 11.3 Å². The van der Waals surface area contributed by atoms with Crippen LogP contribution in [0.3, 0.4) is 0 Å². The van der Waals surface area contributed by atoms with Crippen molar-refractivity contribution in [3.63, 3.8) is 0 Å². The van der Waals surface area contributed by atoms with Gasteiger partial charge in [0.1, 0.15) is 12.2 Å². The van der Waals surface area contributed by atoms with E-state index in [1.54, 1.807) is 0 Å². The number of rotatable bonds is 8. The van der Waals surface area contributed by atoms with Gasteiger partial charge >= 0.3 is 11.9 Å². The molecule has 3 atom stereocenters. The molecule has 5 nitrogen and oxygen atoms in total. The molecule has 1 aliphatic rings. The van der Waals surface area contributed by atoms with Crippen molar-refractivity contribution in [3.05, 3.63) is 71.8 Å². The molecule has 0 aliphatic heterocycles. The molecule has 0 bridgehead atoms. The first-order valence-electron chi connectivity index (χ1n) is 11.5. The van der Waals surface area contributed by atoms with Crippen LogP contribution >= 0.6 is 0 Å². The quantitative estimate of drug-likeness (QED) is 0.599. The highest BCUT2D eigenvalue weighted by atomic mass is 16.6. The number of carbonyl (C=O) groups excluding carboxylic acids is 2. The highest BCUT2D eigenvalue weighted by molar-refractivity contribution is 5.87. The van der Waals surface area contributed by atoms with Crippen molar-refractivity contribution >= 4 is 11.9 Å². The van der Waals surface area contributed by atoms with Gasteiger partial charge in [0.2, 0.25) is 0 Å². The molecule has 1 saturated carbocycles. The van der Waals surface area contributed by atoms with E-state index >= 15 is 0 Å². The normalized spacial score (nSPS) is 21.7. The Morgan fingerprint density at radius 2 is 1.62 bits per heavy atom. The number of carbonyl (C=O) groups is 2. The van der Waals surface area contributed by atoms with Crippen molar-refractivity contribution in [2.45, 2.75) is 71.1 Å². The molecule has 2 aromatic carbocycles. The Morgan fingerprint density at radius 1 is 1.03 bits per heavy atom. The maximum Gasteiger partial charge on any atom is 0.315 e. The lowest BCUT2D eigenvalue weighted by Gasteiger charge is -2.39. The van der Waals surface area contributed by atoms with Gasteiger partial charge < -0.3 is 15.2 Å². The summed E-state index contributed by atoms with van der Waals surface area (Å²) in [7, 11) is 0. The van der Waals surface area contributed by atoms with E-state index in [-0.39, 0.29) is 18.5 Å². The van der Waals surface area contributed by atoms with Crippen LogP contribution in [0.25, 0.3) is 0 Å². The first kappa shape index (κ1) is 24.0. The second-order valence-corrected chi connectivity index (χ2v) is 9.71. The summed E-state index contributed by atoms with van der Waals surface area (Å²) in [5.41, 5.74) is 6.82. The first-order chi connectivity index (χ1) is 15.2. The minimum atomic E-state index is -1.07. The molecule has 32 heavy (non-hydrogen) atoms. The Hall–Kier alpha value is -2.66. The van der Waals surface area contributed by atoms with E-state index in [4.69, 9.17) is 15.2 Å². The van der Waals surface area contributed by atoms with Crippen molar-refractivity contribution in [2.24, 2.45) is 17.1 Å². The maximum absolute atomic E-state index is 13.5. The molecule has 0 spiro atoms. The third kappa shape index (κ3) is 5.77. The second kappa shape index (κ2) is 10.3. The number of aryl methyl sites for hydroxylation is 1. The average molecular weight is 438 g/mol. The standard InChI is InChI=1S/C27H35NO4/c1-26(2,3)32-25(30)27(18-10-15-23(27)28)22(17-16-20-11-6-4-7-12-20)24(29)31-19-21-13-8-5-9-14-21/h4-9,11-14,22-23H,10,15-19,28H2,1-3H3/t22-,23?,27?/m1/s1. The SMILES string of the molecule is CC(C)(C)OC(=O)C1([C@H](CCc2ccccc2)C(=O)OCc2ccccc2)CCCC1N. The summed E-state index contributed by atoms with van der Waals surface area (Å²) in [5, 5.41) is 0. The number of hydrogen-bond acceptors (Lipinski definition) is 5. The van der Waals surface area contributed by atoms with Crippen LogP contribution in [0.1, 0.15) is 57.6 Å². The lowest BCUT2D eigenvalue weighted by atomic mass is 9.69. The zero-order valence-corrected chi connectivity index (χ0v) is 19.4. The van der Waals surface area contributed by atoms with Gasteiger partial charge in [0.15, 0.2) is 0 Å². The van der Waals surface area contributed by atoms with Crippen LogP contribution in [0.2, 0.25) is 0 Å². The van der Waals surface area contributed by atoms with Crippen LogP contribution in [0.5, 0.6) is 0 Å². The molecule has 3 rings (SSSR count). The fraction of sp³-hybridized carbons (Fsp3) is 0.481. The van der Waals surface area contributed by atoms with Crippen molar-refractivity contribution in [2.75, 3.05) is 0 Å². The van der Waals surface area contributed by atoms with Crippen LogP contribution < -0.4 is 5.73 Å². The van der Waals surface area contributed by atoms with E-state index in [0.717, 1.165) is 17.5 Å². The second-order valence-electron chi connectivity index (χ2n) is 9.71. The third-order valence-electron chi connectivity index (χ3n) is 6.24. The monoisotopic (exact) mass is 437 g/mol. The molecule has 2 aromatic rings. The fourth-order valence-electron chi connectivity index (χ4n) is 4.63. The molecule has 5 heteroatoms. The molecule has 1 aliphatic carbocycles. The topological polar surface area (TPSA) is 78.6 Å². The summed E-state index contributed by atoms with van der Waals surface area (Å²) >= 11 is 0. The molecule has 2 unspecified atom stereocenters. The number of benzene rings is 2. The first-order valence-corrected chi connectivity index (χ1v) is 11.5. The van der Waals surface area contributed by atoms with E-state index in [1.807, 2.05) is 81.4 Å². The molecule has 172 valence electrons. The summed E-state index contributed by atoms with van der Waals surface area (Å²) in [6.07, 6.45) is 3.14. The Kier molecular flexibility index (Phi) is 7.73. The number of esters is 2. The minimum Gasteiger partial charge on any atom is -0.461 e. The van der Waals surface area contributed by atoms with Crippen molar-refractivity contribution in [3.8, 4) is 0 Å². The van der Waals surface area contributed by atoms with Crippen molar-refractivity contribution in [1.29, 1.82) is 0 Å². The van der Waals surface area contributed by atoms with Crippen LogP contribution in [0.15, 0.2) is 60.7 Å². The van der Waals surface area contributed by atoms with E-state index in [1.165, 1.54) is 0 Å². The molecule has 0 amide bonds. The summed E-state index contributed by atoms with van der Waals surface area (Å²) < 4.78 is 11.6. The molecular weight excluding hydrogens is 402 g/mol. The average Bonchev–Trinajstić information content (AvgIpc) is 3.15. The van der Waals surface area contributed by atoms with Crippen molar-refractivity contribution in [1.82, 2.24) is 0 Å². The zero-order chi connectivity index (χ0) is 23.2. The summed E-state index contributed by atoms with van der Waals surface area (Å²) in [6.45, 7) is 5.68. The van der Waals surface area contributed by atoms with Gasteiger partial charge in [-0.05, 0) is 57.6 Å². The molecule has 0 radical (unpaired) electrons. The van der Waals surface area contributed by atoms with E-state index in [2.05, 4.69) is 0 Å². The Balaban J connectivity index is 1.88. The van der Waals surface area contributed by atoms with Gasteiger partial charge in [-0.15, -0.1) is 0 Å². The number of ether oxygens (including phenoxy) is 2. The fourth-order valence-corrected chi connectivity index (χ4v) is 4.63. The summed E-state index contributed by atoms with van der Waals surface area (Å²) in [6, 6.07) is 19.1. The van der Waals surface area contributed by atoms with E-state index in [0.29, 0.717) is 25.7 Å². The highest BCUT2D eigenvalue weighted by Gasteiger charge is 2.57. The zero-order valence-electron chi connectivity index (χ0n) is 19.4. The van der Waals surface area contributed by atoms with E-state index < -0.39 is 23.0 Å². The van der Waals surface area contributed by atoms with Gasteiger partial charge in [-0.2, -0.15) is 0 Å². The van der Waals surface area contributed by atoms with Crippen LogP contribution in [-0.2, 0) is 32.1 Å². The van der Waals surface area contributed by atoms with Crippen molar-refractivity contribution < 1.29 is 19.1 Å². The van der Waals surface area contributed by atoms with Crippen LogP contribution in [-0.4, -0.2) is 23.6 Å². The smallest absolute Gasteiger partial charge is 0.315 e. The predicted octanol–water partition coefficient (Wildman–Crippen LogP) is 4.82. The van der Waals surface area contributed by atoms with Gasteiger partial charge in [-0.1, -0.05) is 67.1 Å². The largest absolute Gasteiger partial charge is 0.461 e. The Labute approximate surface area is 191 Å².